The average molecular weight is 399 g/mol. The van der Waals surface area contributed by atoms with Crippen molar-refractivity contribution in [2.75, 3.05) is 13.7 Å². The van der Waals surface area contributed by atoms with Crippen molar-refractivity contribution in [3.63, 3.8) is 0 Å². The van der Waals surface area contributed by atoms with E-state index in [-0.39, 0.29) is 5.91 Å². The Bertz CT molecular complexity index is 816. The van der Waals surface area contributed by atoms with Crippen molar-refractivity contribution in [3.8, 4) is 5.75 Å². The number of methoxy groups -OCH3 is 1. The molecule has 3 rings (SSSR count). The van der Waals surface area contributed by atoms with Crippen molar-refractivity contribution >= 4 is 5.91 Å². The van der Waals surface area contributed by atoms with Crippen LogP contribution in [0, 0.1) is 12.8 Å². The maximum Gasteiger partial charge on any atom is 0.251 e. The third kappa shape index (κ3) is 6.04. The molecule has 0 aromatic heterocycles. The number of alkyl halides is 1. The molecule has 2 N–H and O–H groups in total. The SMILES string of the molecule is COc1ccccc1CN[C@H]1CC[C@H](CNC(=O)c2cc(C)cc(CF)c2)CC1. The number of nitrogens with one attached hydrogen (secondary N) is 2. The number of ether oxygens (including phenoxy) is 1. The minimum atomic E-state index is -0.548. The number of amides is 1. The van der Waals surface area contributed by atoms with Crippen molar-refractivity contribution in [2.45, 2.75) is 51.9 Å². The van der Waals surface area contributed by atoms with Crippen molar-refractivity contribution in [3.05, 3.63) is 64.7 Å². The minimum absolute atomic E-state index is 0.111. The maximum absolute atomic E-state index is 12.9. The lowest BCUT2D eigenvalue weighted by atomic mass is 9.86. The number of hydrogen-bond donors (Lipinski definition) is 2. The second-order valence-electron chi connectivity index (χ2n) is 7.96. The van der Waals surface area contributed by atoms with E-state index in [0.717, 1.165) is 43.5 Å². The van der Waals surface area contributed by atoms with E-state index in [2.05, 4.69) is 16.7 Å². The van der Waals surface area contributed by atoms with Gasteiger partial charge in [0, 0.05) is 30.3 Å². The van der Waals surface area contributed by atoms with Crippen LogP contribution in [-0.4, -0.2) is 25.6 Å². The molecule has 29 heavy (non-hydrogen) atoms. The molecule has 2 aromatic rings. The van der Waals surface area contributed by atoms with Gasteiger partial charge in [0.1, 0.15) is 12.4 Å². The van der Waals surface area contributed by atoms with Crippen LogP contribution in [0.2, 0.25) is 0 Å². The second-order valence-corrected chi connectivity index (χ2v) is 7.96. The molecular formula is C24H31FN2O2. The van der Waals surface area contributed by atoms with Gasteiger partial charge in [-0.3, -0.25) is 4.79 Å². The first kappa shape index (κ1) is 21.3. The van der Waals surface area contributed by atoms with Crippen molar-refractivity contribution in [1.29, 1.82) is 0 Å². The van der Waals surface area contributed by atoms with E-state index in [1.165, 1.54) is 5.56 Å². The molecule has 0 unspecified atom stereocenters. The molecule has 1 saturated carbocycles. The Kier molecular flexibility index (Phi) is 7.64. The third-order valence-electron chi connectivity index (χ3n) is 5.73. The molecule has 0 saturated heterocycles. The first-order chi connectivity index (χ1) is 14.1. The Morgan fingerprint density at radius 2 is 1.90 bits per heavy atom. The fourth-order valence-electron chi connectivity index (χ4n) is 4.08. The summed E-state index contributed by atoms with van der Waals surface area (Å²) in [6, 6.07) is 13.8. The molecule has 1 aliphatic rings. The lowest BCUT2D eigenvalue weighted by Crippen LogP contribution is -2.36. The van der Waals surface area contributed by atoms with Crippen molar-refractivity contribution in [2.24, 2.45) is 5.92 Å². The molecule has 2 aromatic carbocycles. The summed E-state index contributed by atoms with van der Waals surface area (Å²) in [5, 5.41) is 6.68. The summed E-state index contributed by atoms with van der Waals surface area (Å²) in [6.07, 6.45) is 4.39. The normalized spacial score (nSPS) is 19.0. The Morgan fingerprint density at radius 3 is 2.62 bits per heavy atom. The van der Waals surface area contributed by atoms with Gasteiger partial charge in [-0.2, -0.15) is 0 Å². The molecule has 1 fully saturated rings. The van der Waals surface area contributed by atoms with Crippen LogP contribution in [0.15, 0.2) is 42.5 Å². The zero-order valence-corrected chi connectivity index (χ0v) is 17.3. The number of aryl methyl sites for hydroxylation is 1. The summed E-state index contributed by atoms with van der Waals surface area (Å²) in [6.45, 7) is 2.82. The van der Waals surface area contributed by atoms with Crippen LogP contribution >= 0.6 is 0 Å². The highest BCUT2D eigenvalue weighted by Crippen LogP contribution is 2.25. The quantitative estimate of drug-likeness (QED) is 0.686. The van der Waals surface area contributed by atoms with Crippen LogP contribution in [0.3, 0.4) is 0 Å². The van der Waals surface area contributed by atoms with Gasteiger partial charge in [-0.15, -0.1) is 0 Å². The van der Waals surface area contributed by atoms with Crippen LogP contribution in [0.1, 0.15) is 52.7 Å². The number of hydrogen-bond acceptors (Lipinski definition) is 3. The molecule has 0 radical (unpaired) electrons. The summed E-state index contributed by atoms with van der Waals surface area (Å²) < 4.78 is 18.3. The molecule has 0 bridgehead atoms. The Hall–Kier alpha value is -2.40. The van der Waals surface area contributed by atoms with Crippen molar-refractivity contribution in [1.82, 2.24) is 10.6 Å². The van der Waals surface area contributed by atoms with Crippen LogP contribution < -0.4 is 15.4 Å². The van der Waals surface area contributed by atoms with Gasteiger partial charge in [-0.25, -0.2) is 4.39 Å². The summed E-state index contributed by atoms with van der Waals surface area (Å²) in [5.74, 6) is 1.30. The molecule has 4 nitrogen and oxygen atoms in total. The van der Waals surface area contributed by atoms with Crippen LogP contribution in [-0.2, 0) is 13.2 Å². The van der Waals surface area contributed by atoms with E-state index in [0.29, 0.717) is 29.6 Å². The van der Waals surface area contributed by atoms with E-state index in [9.17, 15) is 9.18 Å². The van der Waals surface area contributed by atoms with E-state index in [1.807, 2.05) is 31.2 Å². The first-order valence-electron chi connectivity index (χ1n) is 10.4. The topological polar surface area (TPSA) is 50.4 Å². The van der Waals surface area contributed by atoms with Gasteiger partial charge in [-0.05, 0) is 67.9 Å². The maximum atomic E-state index is 12.9. The fourth-order valence-corrected chi connectivity index (χ4v) is 4.08. The molecule has 0 atom stereocenters. The number of carbonyl (C=O) groups excluding carboxylic acids is 1. The Balaban J connectivity index is 1.42. The summed E-state index contributed by atoms with van der Waals surface area (Å²) >= 11 is 0. The predicted molar refractivity (Wildman–Crippen MR) is 114 cm³/mol. The molecule has 0 spiro atoms. The highest BCUT2D eigenvalue weighted by Gasteiger charge is 2.21. The molecule has 156 valence electrons. The van der Waals surface area contributed by atoms with E-state index in [4.69, 9.17) is 4.74 Å². The minimum Gasteiger partial charge on any atom is -0.496 e. The van der Waals surface area contributed by atoms with Crippen LogP contribution in [0.25, 0.3) is 0 Å². The van der Waals surface area contributed by atoms with Gasteiger partial charge >= 0.3 is 0 Å². The van der Waals surface area contributed by atoms with E-state index in [1.54, 1.807) is 19.2 Å². The van der Waals surface area contributed by atoms with Crippen molar-refractivity contribution < 1.29 is 13.9 Å². The predicted octanol–water partition coefficient (Wildman–Crippen LogP) is 4.55. The molecule has 5 heteroatoms. The van der Waals surface area contributed by atoms with E-state index < -0.39 is 6.67 Å². The largest absolute Gasteiger partial charge is 0.496 e. The zero-order chi connectivity index (χ0) is 20.6. The number of rotatable bonds is 8. The fraction of sp³-hybridized carbons (Fsp3) is 0.458. The lowest BCUT2D eigenvalue weighted by molar-refractivity contribution is 0.0942. The van der Waals surface area contributed by atoms with Crippen LogP contribution in [0.4, 0.5) is 4.39 Å². The van der Waals surface area contributed by atoms with Gasteiger partial charge in [0.2, 0.25) is 0 Å². The lowest BCUT2D eigenvalue weighted by Gasteiger charge is -2.29. The average Bonchev–Trinajstić information content (AvgIpc) is 2.76. The third-order valence-corrected chi connectivity index (χ3v) is 5.73. The number of halogens is 1. The first-order valence-corrected chi connectivity index (χ1v) is 10.4. The van der Waals surface area contributed by atoms with Gasteiger partial charge in [-0.1, -0.05) is 24.3 Å². The highest BCUT2D eigenvalue weighted by molar-refractivity contribution is 5.94. The monoisotopic (exact) mass is 398 g/mol. The Labute approximate surface area is 172 Å². The molecular weight excluding hydrogens is 367 g/mol. The summed E-state index contributed by atoms with van der Waals surface area (Å²) in [4.78, 5) is 12.4. The smallest absolute Gasteiger partial charge is 0.251 e. The molecule has 0 aliphatic heterocycles. The number of benzene rings is 2. The standard InChI is InChI=1S/C24H31FN2O2/c1-17-11-19(14-25)13-21(12-17)24(28)27-15-18-7-9-22(10-8-18)26-16-20-5-3-4-6-23(20)29-2/h3-6,11-13,18,22,26H,7-10,14-16H2,1-2H3,(H,27,28)/t18-,22-. The van der Waals surface area contributed by atoms with Crippen LogP contribution in [0.5, 0.6) is 5.75 Å². The van der Waals surface area contributed by atoms with Gasteiger partial charge in [0.15, 0.2) is 0 Å². The molecule has 1 amide bonds. The van der Waals surface area contributed by atoms with E-state index >= 15 is 0 Å². The Morgan fingerprint density at radius 1 is 1.14 bits per heavy atom. The highest BCUT2D eigenvalue weighted by atomic mass is 19.1. The second kappa shape index (κ2) is 10.4. The summed E-state index contributed by atoms with van der Waals surface area (Å²) in [5.41, 5.74) is 3.18. The molecule has 0 heterocycles. The van der Waals surface area contributed by atoms with Gasteiger partial charge in [0.25, 0.3) is 5.91 Å². The number of carbonyl (C=O) groups is 1. The molecule has 1 aliphatic carbocycles. The zero-order valence-electron chi connectivity index (χ0n) is 17.3. The van der Waals surface area contributed by atoms with Gasteiger partial charge in [0.05, 0.1) is 7.11 Å². The van der Waals surface area contributed by atoms with Gasteiger partial charge < -0.3 is 15.4 Å². The number of para-hydroxylation sites is 1. The summed E-state index contributed by atoms with van der Waals surface area (Å²) in [7, 11) is 1.70.